The zero-order valence-corrected chi connectivity index (χ0v) is 10.4. The Hall–Kier alpha value is 0.278. The van der Waals surface area contributed by atoms with Crippen molar-refractivity contribution in [3.8, 4) is 0 Å². The molecule has 0 bridgehead atoms. The second-order valence-corrected chi connectivity index (χ2v) is 9.03. The van der Waals surface area contributed by atoms with Crippen molar-refractivity contribution in [3.05, 3.63) is 0 Å². The van der Waals surface area contributed by atoms with Crippen molar-refractivity contribution in [2.45, 2.75) is 31.9 Å². The van der Waals surface area contributed by atoms with Crippen molar-refractivity contribution in [2.75, 3.05) is 14.2 Å². The van der Waals surface area contributed by atoms with Crippen LogP contribution in [0.15, 0.2) is 0 Å². The van der Waals surface area contributed by atoms with Gasteiger partial charge in [-0.3, -0.25) is 0 Å². The predicted octanol–water partition coefficient (Wildman–Crippen LogP) is 2.08. The van der Waals surface area contributed by atoms with Crippen molar-refractivity contribution in [1.29, 1.82) is 0 Å². The molecule has 0 saturated carbocycles. The summed E-state index contributed by atoms with van der Waals surface area (Å²) >= 11 is -3.45. The summed E-state index contributed by atoms with van der Waals surface area (Å²) in [5, 5.41) is 0. The molecule has 0 N–H and O–H groups in total. The fraction of sp³-hybridized carbons (Fsp3) is 1.00. The van der Waals surface area contributed by atoms with Crippen LogP contribution in [0, 0.1) is 5.92 Å². The van der Waals surface area contributed by atoms with Gasteiger partial charge in [0.05, 0.1) is 0 Å². The van der Waals surface area contributed by atoms with E-state index in [1.54, 1.807) is 0 Å². The average Bonchev–Trinajstić information content (AvgIpc) is 2.02. The third-order valence-corrected chi connectivity index (χ3v) is 6.70. The van der Waals surface area contributed by atoms with E-state index in [1.807, 2.05) is 6.92 Å². The Bertz CT molecular complexity index is 160. The van der Waals surface area contributed by atoms with Crippen LogP contribution in [0.4, 0.5) is 0 Å². The third-order valence-electron chi connectivity index (χ3n) is 1.86. The fourth-order valence-electron chi connectivity index (χ4n) is 1.25. The van der Waals surface area contributed by atoms with E-state index in [0.717, 1.165) is 6.42 Å². The maximum atomic E-state index is 11.8. The van der Waals surface area contributed by atoms with Gasteiger partial charge in [-0.05, 0) is 0 Å². The Labute approximate surface area is 77.8 Å². The summed E-state index contributed by atoms with van der Waals surface area (Å²) in [4.78, 5) is 0. The summed E-state index contributed by atoms with van der Waals surface area (Å²) in [6.45, 7) is 6.12. The Balaban J connectivity index is 4.22. The summed E-state index contributed by atoms with van der Waals surface area (Å²) in [5.74, 6) is 0.528. The quantitative estimate of drug-likeness (QED) is 0.688. The molecule has 0 saturated heterocycles. The molecular weight excluding hydrogens is 219 g/mol. The molecule has 1 unspecified atom stereocenters. The molecule has 4 heteroatoms. The van der Waals surface area contributed by atoms with Crippen LogP contribution in [0.25, 0.3) is 0 Å². The van der Waals surface area contributed by atoms with Crippen LogP contribution in [0.1, 0.15) is 27.2 Å². The topological polar surface area (TPSA) is 35.5 Å². The van der Waals surface area contributed by atoms with Gasteiger partial charge in [-0.2, -0.15) is 0 Å². The third kappa shape index (κ3) is 3.34. The summed E-state index contributed by atoms with van der Waals surface area (Å²) < 4.78 is 21.7. The Morgan fingerprint density at radius 2 is 1.58 bits per heavy atom. The van der Waals surface area contributed by atoms with Crippen LogP contribution in [0.3, 0.4) is 0 Å². The predicted molar refractivity (Wildman–Crippen MR) is 49.3 cm³/mol. The molecular formula is C8H19AsO3. The summed E-state index contributed by atoms with van der Waals surface area (Å²) in [7, 11) is 2.92. The van der Waals surface area contributed by atoms with Crippen molar-refractivity contribution in [2.24, 2.45) is 5.92 Å². The molecule has 0 rings (SSSR count). The van der Waals surface area contributed by atoms with Crippen LogP contribution in [-0.2, 0) is 11.2 Å². The molecule has 0 fully saturated rings. The molecule has 0 aromatic heterocycles. The molecule has 0 aliphatic rings. The van der Waals surface area contributed by atoms with Crippen molar-refractivity contribution < 1.29 is 11.2 Å². The first-order valence-electron chi connectivity index (χ1n) is 4.17. The standard InChI is InChI=1S/C8H19AsO3/c1-7(2)6-8(3)9(10,11-4)12-5/h7-8H,6H2,1-5H3. The molecule has 0 spiro atoms. The van der Waals surface area contributed by atoms with Gasteiger partial charge in [0.25, 0.3) is 0 Å². The van der Waals surface area contributed by atoms with E-state index in [2.05, 4.69) is 13.8 Å². The molecule has 0 aliphatic carbocycles. The molecule has 0 heterocycles. The van der Waals surface area contributed by atoms with Crippen molar-refractivity contribution in [3.63, 3.8) is 0 Å². The molecule has 0 aliphatic heterocycles. The van der Waals surface area contributed by atoms with E-state index in [0.29, 0.717) is 5.92 Å². The van der Waals surface area contributed by atoms with Gasteiger partial charge in [0.15, 0.2) is 0 Å². The minimum absolute atomic E-state index is 0.0399. The van der Waals surface area contributed by atoms with Gasteiger partial charge in [-0.15, -0.1) is 0 Å². The van der Waals surface area contributed by atoms with Crippen molar-refractivity contribution in [1.82, 2.24) is 0 Å². The van der Waals surface area contributed by atoms with Crippen LogP contribution in [-0.4, -0.2) is 28.4 Å². The van der Waals surface area contributed by atoms with Gasteiger partial charge in [0.2, 0.25) is 0 Å². The molecule has 0 amide bonds. The first-order chi connectivity index (χ1) is 5.46. The van der Waals surface area contributed by atoms with Crippen LogP contribution in [0.5, 0.6) is 0 Å². The second-order valence-electron chi connectivity index (χ2n) is 3.38. The molecule has 0 aromatic rings. The zero-order chi connectivity index (χ0) is 9.78. The monoisotopic (exact) mass is 238 g/mol. The van der Waals surface area contributed by atoms with Crippen LogP contribution < -0.4 is 0 Å². The van der Waals surface area contributed by atoms with Crippen LogP contribution in [0.2, 0.25) is 4.71 Å². The first kappa shape index (κ1) is 12.3. The van der Waals surface area contributed by atoms with E-state index in [9.17, 15) is 3.74 Å². The Morgan fingerprint density at radius 3 is 1.83 bits per heavy atom. The summed E-state index contributed by atoms with van der Waals surface area (Å²) in [6, 6.07) is 0. The van der Waals surface area contributed by atoms with E-state index in [1.165, 1.54) is 14.2 Å². The van der Waals surface area contributed by atoms with Gasteiger partial charge < -0.3 is 0 Å². The zero-order valence-electron chi connectivity index (χ0n) is 8.53. The summed E-state index contributed by atoms with van der Waals surface area (Å²) in [5.41, 5.74) is 0. The van der Waals surface area contributed by atoms with E-state index < -0.39 is 14.2 Å². The van der Waals surface area contributed by atoms with E-state index in [4.69, 9.17) is 7.45 Å². The normalized spacial score (nSPS) is 15.2. The first-order valence-corrected chi connectivity index (χ1v) is 7.55. The van der Waals surface area contributed by atoms with Gasteiger partial charge >= 0.3 is 77.4 Å². The SMILES string of the molecule is CO[As](=O)(OC)C(C)CC(C)C. The number of rotatable bonds is 5. The molecule has 3 nitrogen and oxygen atoms in total. The van der Waals surface area contributed by atoms with Crippen molar-refractivity contribution >= 4 is 14.2 Å². The maximum absolute atomic E-state index is 11.8. The molecule has 0 radical (unpaired) electrons. The second kappa shape index (κ2) is 5.10. The van der Waals surface area contributed by atoms with E-state index in [-0.39, 0.29) is 4.71 Å². The van der Waals surface area contributed by atoms with Gasteiger partial charge in [0.1, 0.15) is 0 Å². The van der Waals surface area contributed by atoms with Gasteiger partial charge in [-0.1, -0.05) is 0 Å². The molecule has 0 aromatic carbocycles. The van der Waals surface area contributed by atoms with Gasteiger partial charge in [-0.25, -0.2) is 0 Å². The minimum atomic E-state index is -3.45. The number of hydrogen-bond donors (Lipinski definition) is 0. The molecule has 1 atom stereocenters. The average molecular weight is 238 g/mol. The van der Waals surface area contributed by atoms with Gasteiger partial charge in [0, 0.05) is 0 Å². The van der Waals surface area contributed by atoms with E-state index >= 15 is 0 Å². The van der Waals surface area contributed by atoms with Crippen LogP contribution >= 0.6 is 0 Å². The number of hydrogen-bond acceptors (Lipinski definition) is 3. The Kier molecular flexibility index (Phi) is 5.22. The molecule has 12 heavy (non-hydrogen) atoms. The Morgan fingerprint density at radius 1 is 1.17 bits per heavy atom. The summed E-state index contributed by atoms with van der Waals surface area (Å²) in [6.07, 6.45) is 0.887. The molecule has 74 valence electrons. The fourth-order valence-corrected chi connectivity index (χ4v) is 4.50.